The van der Waals surface area contributed by atoms with E-state index in [9.17, 15) is 0 Å². The molecular weight excluding hydrogens is 286 g/mol. The van der Waals surface area contributed by atoms with E-state index in [2.05, 4.69) is 49.8 Å². The number of aromatic nitrogens is 3. The molecule has 3 aromatic rings. The molecule has 118 valence electrons. The number of hydrogen-bond acceptors (Lipinski definition) is 4. The highest BCUT2D eigenvalue weighted by molar-refractivity contribution is 5.39. The number of piperazine rings is 1. The van der Waals surface area contributed by atoms with Gasteiger partial charge in [-0.1, -0.05) is 6.07 Å². The average molecular weight is 307 g/mol. The fraction of sp³-hybridized carbons (Fsp3) is 0.333. The Balaban J connectivity index is 1.32. The van der Waals surface area contributed by atoms with Gasteiger partial charge in [-0.25, -0.2) is 4.98 Å². The van der Waals surface area contributed by atoms with Crippen LogP contribution in [-0.4, -0.2) is 50.3 Å². The van der Waals surface area contributed by atoms with Crippen LogP contribution in [0, 0.1) is 0 Å². The van der Waals surface area contributed by atoms with Crippen molar-refractivity contribution in [2.45, 2.75) is 13.1 Å². The summed E-state index contributed by atoms with van der Waals surface area (Å²) in [7, 11) is 0. The second-order valence-corrected chi connectivity index (χ2v) is 6.11. The molecule has 0 unspecified atom stereocenters. The topological polar surface area (TPSA) is 36.7 Å². The Morgan fingerprint density at radius 2 is 1.61 bits per heavy atom. The summed E-state index contributed by atoms with van der Waals surface area (Å²) >= 11 is 0. The summed E-state index contributed by atoms with van der Waals surface area (Å²) in [4.78, 5) is 13.8. The number of imidazole rings is 1. The van der Waals surface area contributed by atoms with E-state index in [0.717, 1.165) is 50.6 Å². The maximum absolute atomic E-state index is 4.69. The lowest BCUT2D eigenvalue weighted by molar-refractivity contribution is 0.121. The van der Waals surface area contributed by atoms with Gasteiger partial charge in [-0.3, -0.25) is 14.8 Å². The molecular formula is C18H21N5. The van der Waals surface area contributed by atoms with Crippen LogP contribution in [0.3, 0.4) is 0 Å². The van der Waals surface area contributed by atoms with Gasteiger partial charge in [0.05, 0.1) is 5.69 Å². The molecule has 1 saturated heterocycles. The van der Waals surface area contributed by atoms with Gasteiger partial charge < -0.3 is 4.40 Å². The Kier molecular flexibility index (Phi) is 4.05. The Bertz CT molecular complexity index is 726. The molecule has 0 aliphatic carbocycles. The van der Waals surface area contributed by atoms with E-state index in [4.69, 9.17) is 4.98 Å². The van der Waals surface area contributed by atoms with Crippen molar-refractivity contribution in [3.63, 3.8) is 0 Å². The standard InChI is InChI=1S/C18H21N5/c1-2-8-23-15-17(20-18(23)3-1)14-22-11-9-21(10-12-22)13-16-4-6-19-7-5-16/h1-8,15H,9-14H2. The normalized spacial score (nSPS) is 16.9. The monoisotopic (exact) mass is 307 g/mol. The first-order chi connectivity index (χ1) is 11.4. The Labute approximate surface area is 136 Å². The first-order valence-electron chi connectivity index (χ1n) is 8.13. The summed E-state index contributed by atoms with van der Waals surface area (Å²) in [6.07, 6.45) is 7.93. The largest absolute Gasteiger partial charge is 0.307 e. The molecule has 1 fully saturated rings. The van der Waals surface area contributed by atoms with Crippen LogP contribution in [0.15, 0.2) is 55.1 Å². The molecule has 1 aliphatic rings. The fourth-order valence-corrected chi connectivity index (χ4v) is 3.14. The third kappa shape index (κ3) is 3.41. The molecule has 4 rings (SSSR count). The van der Waals surface area contributed by atoms with Crippen molar-refractivity contribution in [1.82, 2.24) is 24.2 Å². The molecule has 0 aromatic carbocycles. The highest BCUT2D eigenvalue weighted by Gasteiger charge is 2.17. The number of pyridine rings is 2. The first-order valence-corrected chi connectivity index (χ1v) is 8.13. The van der Waals surface area contributed by atoms with Gasteiger partial charge in [0.2, 0.25) is 0 Å². The maximum Gasteiger partial charge on any atom is 0.137 e. The molecule has 4 heterocycles. The molecule has 0 N–H and O–H groups in total. The van der Waals surface area contributed by atoms with Crippen LogP contribution in [0.4, 0.5) is 0 Å². The smallest absolute Gasteiger partial charge is 0.137 e. The van der Waals surface area contributed by atoms with Crippen molar-refractivity contribution in [1.29, 1.82) is 0 Å². The molecule has 23 heavy (non-hydrogen) atoms. The summed E-state index contributed by atoms with van der Waals surface area (Å²) in [5.41, 5.74) is 3.52. The van der Waals surface area contributed by atoms with Crippen LogP contribution in [0.1, 0.15) is 11.3 Å². The zero-order valence-electron chi connectivity index (χ0n) is 13.2. The Morgan fingerprint density at radius 3 is 2.35 bits per heavy atom. The van der Waals surface area contributed by atoms with E-state index in [0.29, 0.717) is 0 Å². The van der Waals surface area contributed by atoms with E-state index in [1.807, 2.05) is 24.5 Å². The molecule has 5 nitrogen and oxygen atoms in total. The quantitative estimate of drug-likeness (QED) is 0.739. The van der Waals surface area contributed by atoms with Gasteiger partial charge >= 0.3 is 0 Å². The van der Waals surface area contributed by atoms with Gasteiger partial charge in [-0.05, 0) is 29.8 Å². The summed E-state index contributed by atoms with van der Waals surface area (Å²) in [5.74, 6) is 0. The highest BCUT2D eigenvalue weighted by Crippen LogP contribution is 2.11. The van der Waals surface area contributed by atoms with Crippen LogP contribution >= 0.6 is 0 Å². The molecule has 3 aromatic heterocycles. The summed E-state index contributed by atoms with van der Waals surface area (Å²) in [6.45, 7) is 6.36. The summed E-state index contributed by atoms with van der Waals surface area (Å²) in [5, 5.41) is 0. The summed E-state index contributed by atoms with van der Waals surface area (Å²) in [6, 6.07) is 10.3. The number of nitrogens with zero attached hydrogens (tertiary/aromatic N) is 5. The van der Waals surface area contributed by atoms with Crippen LogP contribution in [0.5, 0.6) is 0 Å². The third-order valence-electron chi connectivity index (χ3n) is 4.42. The van der Waals surface area contributed by atoms with Crippen molar-refractivity contribution in [3.8, 4) is 0 Å². The van der Waals surface area contributed by atoms with E-state index in [-0.39, 0.29) is 0 Å². The van der Waals surface area contributed by atoms with Crippen molar-refractivity contribution in [2.75, 3.05) is 26.2 Å². The van der Waals surface area contributed by atoms with Crippen molar-refractivity contribution < 1.29 is 0 Å². The Hall–Kier alpha value is -2.24. The molecule has 0 radical (unpaired) electrons. The number of rotatable bonds is 4. The fourth-order valence-electron chi connectivity index (χ4n) is 3.14. The number of fused-ring (bicyclic) bond motifs is 1. The van der Waals surface area contributed by atoms with Crippen LogP contribution in [0.25, 0.3) is 5.65 Å². The molecule has 0 atom stereocenters. The van der Waals surface area contributed by atoms with E-state index < -0.39 is 0 Å². The predicted molar refractivity (Wildman–Crippen MR) is 90.0 cm³/mol. The second kappa shape index (κ2) is 6.48. The zero-order valence-corrected chi connectivity index (χ0v) is 13.2. The van der Waals surface area contributed by atoms with Crippen LogP contribution < -0.4 is 0 Å². The average Bonchev–Trinajstić information content (AvgIpc) is 3.00. The van der Waals surface area contributed by atoms with E-state index in [1.165, 1.54) is 5.56 Å². The van der Waals surface area contributed by atoms with Crippen LogP contribution in [-0.2, 0) is 13.1 Å². The van der Waals surface area contributed by atoms with Crippen molar-refractivity contribution >= 4 is 5.65 Å². The molecule has 0 saturated carbocycles. The van der Waals surface area contributed by atoms with E-state index >= 15 is 0 Å². The van der Waals surface area contributed by atoms with Gasteiger partial charge in [0.25, 0.3) is 0 Å². The lowest BCUT2D eigenvalue weighted by Gasteiger charge is -2.34. The van der Waals surface area contributed by atoms with Gasteiger partial charge in [-0.2, -0.15) is 0 Å². The van der Waals surface area contributed by atoms with E-state index in [1.54, 1.807) is 0 Å². The third-order valence-corrected chi connectivity index (χ3v) is 4.42. The van der Waals surface area contributed by atoms with Crippen molar-refractivity contribution in [2.24, 2.45) is 0 Å². The zero-order chi connectivity index (χ0) is 15.5. The minimum atomic E-state index is 0.935. The van der Waals surface area contributed by atoms with Crippen LogP contribution in [0.2, 0.25) is 0 Å². The lowest BCUT2D eigenvalue weighted by atomic mass is 10.2. The second-order valence-electron chi connectivity index (χ2n) is 6.11. The predicted octanol–water partition coefficient (Wildman–Crippen LogP) is 2.05. The first kappa shape index (κ1) is 14.4. The van der Waals surface area contributed by atoms with Gasteiger partial charge in [-0.15, -0.1) is 0 Å². The minimum Gasteiger partial charge on any atom is -0.307 e. The molecule has 0 spiro atoms. The highest BCUT2D eigenvalue weighted by atomic mass is 15.3. The molecule has 5 heteroatoms. The Morgan fingerprint density at radius 1 is 0.870 bits per heavy atom. The lowest BCUT2D eigenvalue weighted by Crippen LogP contribution is -2.45. The maximum atomic E-state index is 4.69. The number of hydrogen-bond donors (Lipinski definition) is 0. The SMILES string of the molecule is c1ccn2cc(CN3CCN(Cc4ccncc4)CC3)nc2c1. The minimum absolute atomic E-state index is 0.935. The molecule has 0 amide bonds. The molecule has 1 aliphatic heterocycles. The summed E-state index contributed by atoms with van der Waals surface area (Å²) < 4.78 is 2.09. The van der Waals surface area contributed by atoms with Crippen molar-refractivity contribution in [3.05, 3.63) is 66.4 Å². The van der Waals surface area contributed by atoms with Gasteiger partial charge in [0.1, 0.15) is 5.65 Å². The van der Waals surface area contributed by atoms with Gasteiger partial charge in [0, 0.05) is 64.1 Å². The van der Waals surface area contributed by atoms with Gasteiger partial charge in [0.15, 0.2) is 0 Å². The molecule has 0 bridgehead atoms.